The third-order valence-corrected chi connectivity index (χ3v) is 3.46. The molecule has 120 valence electrons. The molecule has 0 radical (unpaired) electrons. The van der Waals surface area contributed by atoms with Gasteiger partial charge in [-0.05, 0) is 24.1 Å². The summed E-state index contributed by atoms with van der Waals surface area (Å²) in [5.74, 6) is 1.22. The first-order valence-corrected chi connectivity index (χ1v) is 7.14. The van der Waals surface area contributed by atoms with E-state index >= 15 is 0 Å². The van der Waals surface area contributed by atoms with Crippen LogP contribution in [-0.2, 0) is 11.2 Å². The van der Waals surface area contributed by atoms with Crippen LogP contribution in [0.4, 0.5) is 4.79 Å². The topological polar surface area (TPSA) is 79.9 Å². The largest absolute Gasteiger partial charge is 0.493 e. The molecule has 1 saturated heterocycles. The summed E-state index contributed by atoms with van der Waals surface area (Å²) in [5, 5.41) is 5.51. The van der Waals surface area contributed by atoms with Crippen LogP contribution in [0.5, 0.6) is 11.5 Å². The van der Waals surface area contributed by atoms with Crippen LogP contribution in [0.15, 0.2) is 18.2 Å². The molecular weight excluding hydrogens is 286 g/mol. The van der Waals surface area contributed by atoms with Crippen molar-refractivity contribution in [2.45, 2.75) is 6.42 Å². The maximum absolute atomic E-state index is 11.9. The van der Waals surface area contributed by atoms with Crippen molar-refractivity contribution in [2.24, 2.45) is 0 Å². The zero-order valence-corrected chi connectivity index (χ0v) is 12.8. The van der Waals surface area contributed by atoms with Gasteiger partial charge in [0.15, 0.2) is 11.5 Å². The van der Waals surface area contributed by atoms with Crippen molar-refractivity contribution in [1.82, 2.24) is 15.5 Å². The summed E-state index contributed by atoms with van der Waals surface area (Å²) >= 11 is 0. The van der Waals surface area contributed by atoms with Gasteiger partial charge in [-0.15, -0.1) is 0 Å². The fourth-order valence-electron chi connectivity index (χ4n) is 2.27. The van der Waals surface area contributed by atoms with Crippen LogP contribution in [-0.4, -0.2) is 57.2 Å². The lowest BCUT2D eigenvalue weighted by Gasteiger charge is -2.26. The Hall–Kier alpha value is -2.44. The molecule has 2 rings (SSSR count). The van der Waals surface area contributed by atoms with E-state index in [1.54, 1.807) is 14.2 Å². The quantitative estimate of drug-likeness (QED) is 0.824. The Balaban J connectivity index is 1.83. The highest BCUT2D eigenvalue weighted by Crippen LogP contribution is 2.27. The molecule has 3 amide bonds. The molecule has 0 bridgehead atoms. The van der Waals surface area contributed by atoms with Gasteiger partial charge in [0.2, 0.25) is 5.91 Å². The van der Waals surface area contributed by atoms with Gasteiger partial charge >= 0.3 is 6.03 Å². The van der Waals surface area contributed by atoms with E-state index in [4.69, 9.17) is 9.47 Å². The Bertz CT molecular complexity index is 548. The van der Waals surface area contributed by atoms with Gasteiger partial charge in [0, 0.05) is 19.6 Å². The van der Waals surface area contributed by atoms with E-state index in [9.17, 15) is 9.59 Å². The highest BCUT2D eigenvalue weighted by atomic mass is 16.5. The number of amides is 3. The summed E-state index contributed by atoms with van der Waals surface area (Å²) < 4.78 is 10.4. The van der Waals surface area contributed by atoms with Gasteiger partial charge in [0.05, 0.1) is 14.2 Å². The molecule has 0 aliphatic carbocycles. The fraction of sp³-hybridized carbons (Fsp3) is 0.467. The van der Waals surface area contributed by atoms with Crippen LogP contribution < -0.4 is 20.1 Å². The number of carbonyl (C=O) groups is 2. The van der Waals surface area contributed by atoms with Crippen LogP contribution in [0, 0.1) is 0 Å². The first-order valence-electron chi connectivity index (χ1n) is 7.14. The van der Waals surface area contributed by atoms with Crippen molar-refractivity contribution in [2.75, 3.05) is 40.4 Å². The number of methoxy groups -OCH3 is 2. The molecule has 1 heterocycles. The molecule has 1 aliphatic rings. The van der Waals surface area contributed by atoms with Gasteiger partial charge < -0.3 is 25.0 Å². The SMILES string of the molecule is COc1ccc(CCNC(=O)N2CCNC(=O)C2)cc1OC. The number of nitrogens with zero attached hydrogens (tertiary/aromatic N) is 1. The van der Waals surface area contributed by atoms with E-state index in [-0.39, 0.29) is 18.5 Å². The smallest absolute Gasteiger partial charge is 0.317 e. The molecule has 0 aromatic heterocycles. The number of ether oxygens (including phenoxy) is 2. The van der Waals surface area contributed by atoms with E-state index in [0.29, 0.717) is 37.6 Å². The Morgan fingerprint density at radius 1 is 1.32 bits per heavy atom. The minimum atomic E-state index is -0.213. The molecule has 7 heteroatoms. The van der Waals surface area contributed by atoms with Crippen molar-refractivity contribution in [1.29, 1.82) is 0 Å². The lowest BCUT2D eigenvalue weighted by Crippen LogP contribution is -2.53. The van der Waals surface area contributed by atoms with Crippen molar-refractivity contribution in [3.63, 3.8) is 0 Å². The standard InChI is InChI=1S/C15H21N3O4/c1-21-12-4-3-11(9-13(12)22-2)5-6-17-15(20)18-8-7-16-14(19)10-18/h3-4,9H,5-8,10H2,1-2H3,(H,16,19)(H,17,20). The third-order valence-electron chi connectivity index (χ3n) is 3.46. The number of rotatable bonds is 5. The Morgan fingerprint density at radius 3 is 2.77 bits per heavy atom. The Labute approximate surface area is 129 Å². The fourth-order valence-corrected chi connectivity index (χ4v) is 2.27. The predicted molar refractivity (Wildman–Crippen MR) is 81.2 cm³/mol. The number of benzene rings is 1. The molecule has 22 heavy (non-hydrogen) atoms. The van der Waals surface area contributed by atoms with E-state index in [2.05, 4.69) is 10.6 Å². The van der Waals surface area contributed by atoms with Crippen molar-refractivity contribution in [3.8, 4) is 11.5 Å². The highest BCUT2D eigenvalue weighted by Gasteiger charge is 2.20. The number of piperazine rings is 1. The van der Waals surface area contributed by atoms with Crippen LogP contribution in [0.1, 0.15) is 5.56 Å². The molecule has 0 unspecified atom stereocenters. The van der Waals surface area contributed by atoms with Gasteiger partial charge in [0.1, 0.15) is 6.54 Å². The minimum absolute atomic E-state index is 0.113. The van der Waals surface area contributed by atoms with E-state index < -0.39 is 0 Å². The molecule has 2 N–H and O–H groups in total. The zero-order chi connectivity index (χ0) is 15.9. The summed E-state index contributed by atoms with van der Waals surface area (Å²) in [7, 11) is 3.18. The van der Waals surface area contributed by atoms with E-state index in [1.807, 2.05) is 18.2 Å². The Kier molecular flexibility index (Phi) is 5.46. The average molecular weight is 307 g/mol. The van der Waals surface area contributed by atoms with Crippen LogP contribution in [0.25, 0.3) is 0 Å². The lowest BCUT2D eigenvalue weighted by molar-refractivity contribution is -0.123. The predicted octanol–water partition coefficient (Wildman–Crippen LogP) is 0.388. The summed E-state index contributed by atoms with van der Waals surface area (Å²) in [6.45, 7) is 1.64. The molecule has 7 nitrogen and oxygen atoms in total. The zero-order valence-electron chi connectivity index (χ0n) is 12.8. The second kappa shape index (κ2) is 7.53. The molecule has 1 aliphatic heterocycles. The Morgan fingerprint density at radius 2 is 2.09 bits per heavy atom. The number of nitrogens with one attached hydrogen (secondary N) is 2. The summed E-state index contributed by atoms with van der Waals surface area (Å²) in [5.41, 5.74) is 1.04. The molecule has 1 aromatic carbocycles. The van der Waals surface area contributed by atoms with E-state index in [1.165, 1.54) is 4.90 Å². The molecule has 0 spiro atoms. The average Bonchev–Trinajstić information content (AvgIpc) is 2.54. The maximum atomic E-state index is 11.9. The monoisotopic (exact) mass is 307 g/mol. The lowest BCUT2D eigenvalue weighted by atomic mass is 10.1. The number of hydrogen-bond acceptors (Lipinski definition) is 4. The van der Waals surface area contributed by atoms with Crippen LogP contribution in [0.2, 0.25) is 0 Å². The molecule has 0 atom stereocenters. The van der Waals surface area contributed by atoms with Gasteiger partial charge in [-0.2, -0.15) is 0 Å². The first kappa shape index (κ1) is 15.9. The molecule has 1 aromatic rings. The van der Waals surface area contributed by atoms with Crippen molar-refractivity contribution < 1.29 is 19.1 Å². The van der Waals surface area contributed by atoms with Crippen molar-refractivity contribution >= 4 is 11.9 Å². The van der Waals surface area contributed by atoms with Crippen molar-refractivity contribution in [3.05, 3.63) is 23.8 Å². The first-order chi connectivity index (χ1) is 10.6. The number of carbonyl (C=O) groups excluding carboxylic acids is 2. The van der Waals surface area contributed by atoms with Gasteiger partial charge in [0.25, 0.3) is 0 Å². The second-order valence-corrected chi connectivity index (χ2v) is 4.94. The normalized spacial score (nSPS) is 14.3. The minimum Gasteiger partial charge on any atom is -0.493 e. The molecule has 0 saturated carbocycles. The molecular formula is C15H21N3O4. The third kappa shape index (κ3) is 4.03. The number of urea groups is 1. The second-order valence-electron chi connectivity index (χ2n) is 4.94. The van der Waals surface area contributed by atoms with Gasteiger partial charge in [-0.1, -0.05) is 6.07 Å². The van der Waals surface area contributed by atoms with Gasteiger partial charge in [-0.3, -0.25) is 4.79 Å². The number of hydrogen-bond donors (Lipinski definition) is 2. The van der Waals surface area contributed by atoms with Gasteiger partial charge in [-0.25, -0.2) is 4.79 Å². The summed E-state index contributed by atoms with van der Waals surface area (Å²) in [6.07, 6.45) is 0.673. The molecule has 1 fully saturated rings. The van der Waals surface area contributed by atoms with Crippen LogP contribution in [0.3, 0.4) is 0 Å². The van der Waals surface area contributed by atoms with Crippen LogP contribution >= 0.6 is 0 Å². The maximum Gasteiger partial charge on any atom is 0.317 e. The summed E-state index contributed by atoms with van der Waals surface area (Å²) in [6, 6.07) is 5.45. The summed E-state index contributed by atoms with van der Waals surface area (Å²) in [4.78, 5) is 24.7. The van der Waals surface area contributed by atoms with E-state index in [0.717, 1.165) is 5.56 Å². The highest BCUT2D eigenvalue weighted by molar-refractivity contribution is 5.85.